The molecule has 1 aliphatic heterocycles. The summed E-state index contributed by atoms with van der Waals surface area (Å²) in [5.74, 6) is 0.454. The molecule has 0 saturated carbocycles. The number of piperidine rings is 1. The van der Waals surface area contributed by atoms with E-state index in [9.17, 15) is 5.11 Å². The van der Waals surface area contributed by atoms with Crippen molar-refractivity contribution in [2.75, 3.05) is 18.0 Å². The molecule has 1 atom stereocenters. The second-order valence-corrected chi connectivity index (χ2v) is 5.71. The van der Waals surface area contributed by atoms with E-state index in [2.05, 4.69) is 15.0 Å². The normalized spacial score (nSPS) is 23.8. The van der Waals surface area contributed by atoms with E-state index in [4.69, 9.17) is 16.3 Å². The Labute approximate surface area is 117 Å². The summed E-state index contributed by atoms with van der Waals surface area (Å²) in [6.45, 7) is 6.87. The van der Waals surface area contributed by atoms with E-state index in [1.54, 1.807) is 0 Å². The van der Waals surface area contributed by atoms with E-state index in [0.717, 1.165) is 19.4 Å². The van der Waals surface area contributed by atoms with Crippen molar-refractivity contribution in [1.82, 2.24) is 15.0 Å². The summed E-state index contributed by atoms with van der Waals surface area (Å²) >= 11 is 5.89. The van der Waals surface area contributed by atoms with Crippen LogP contribution in [0.25, 0.3) is 0 Å². The number of anilines is 1. The fourth-order valence-electron chi connectivity index (χ4n) is 2.12. The molecule has 0 spiro atoms. The first-order valence-corrected chi connectivity index (χ1v) is 6.79. The third kappa shape index (κ3) is 3.91. The Hall–Kier alpha value is -1.14. The zero-order valence-corrected chi connectivity index (χ0v) is 12.2. The Morgan fingerprint density at radius 2 is 2.11 bits per heavy atom. The Balaban J connectivity index is 2.21. The highest BCUT2D eigenvalue weighted by molar-refractivity contribution is 6.28. The summed E-state index contributed by atoms with van der Waals surface area (Å²) in [5, 5.41) is 10.2. The standard InChI is InChI=1S/C12H19ClN4O2/c1-8(2)19-11-15-9(13)14-10(16-11)17-6-4-5-12(3,18)7-17/h8,18H,4-7H2,1-3H3. The van der Waals surface area contributed by atoms with Crippen LogP contribution in [0, 0.1) is 0 Å². The Morgan fingerprint density at radius 1 is 1.37 bits per heavy atom. The SMILES string of the molecule is CC(C)Oc1nc(Cl)nc(N2CCCC(C)(O)C2)n1. The number of aromatic nitrogens is 3. The maximum Gasteiger partial charge on any atom is 0.322 e. The molecular weight excluding hydrogens is 268 g/mol. The van der Waals surface area contributed by atoms with Crippen LogP contribution >= 0.6 is 11.6 Å². The van der Waals surface area contributed by atoms with Gasteiger partial charge in [-0.05, 0) is 45.2 Å². The summed E-state index contributed by atoms with van der Waals surface area (Å²) in [7, 11) is 0. The van der Waals surface area contributed by atoms with Crippen molar-refractivity contribution < 1.29 is 9.84 Å². The highest BCUT2D eigenvalue weighted by atomic mass is 35.5. The van der Waals surface area contributed by atoms with Gasteiger partial charge in [0, 0.05) is 13.1 Å². The average molecular weight is 287 g/mol. The van der Waals surface area contributed by atoms with E-state index >= 15 is 0 Å². The van der Waals surface area contributed by atoms with Gasteiger partial charge in [-0.15, -0.1) is 0 Å². The minimum Gasteiger partial charge on any atom is -0.461 e. The predicted octanol–water partition coefficient (Wildman–Crippen LogP) is 1.66. The van der Waals surface area contributed by atoms with Gasteiger partial charge in [-0.25, -0.2) is 0 Å². The minimum absolute atomic E-state index is 0.0317. The van der Waals surface area contributed by atoms with E-state index in [1.807, 2.05) is 25.7 Å². The zero-order valence-electron chi connectivity index (χ0n) is 11.4. The second kappa shape index (κ2) is 5.46. The summed E-state index contributed by atoms with van der Waals surface area (Å²) < 4.78 is 5.44. The Kier molecular flexibility index (Phi) is 4.10. The third-order valence-corrected chi connectivity index (χ3v) is 3.04. The third-order valence-electron chi connectivity index (χ3n) is 2.87. The lowest BCUT2D eigenvalue weighted by atomic mass is 9.95. The van der Waals surface area contributed by atoms with Gasteiger partial charge in [-0.2, -0.15) is 15.0 Å². The number of hydrogen-bond acceptors (Lipinski definition) is 6. The van der Waals surface area contributed by atoms with Crippen molar-refractivity contribution in [3.8, 4) is 6.01 Å². The maximum atomic E-state index is 10.1. The van der Waals surface area contributed by atoms with Crippen LogP contribution in [0.4, 0.5) is 5.95 Å². The van der Waals surface area contributed by atoms with Gasteiger partial charge in [0.1, 0.15) is 0 Å². The minimum atomic E-state index is -0.726. The number of aliphatic hydroxyl groups is 1. The van der Waals surface area contributed by atoms with Crippen LogP contribution in [0.3, 0.4) is 0 Å². The van der Waals surface area contributed by atoms with Crippen molar-refractivity contribution in [1.29, 1.82) is 0 Å². The van der Waals surface area contributed by atoms with Crippen LogP contribution in [0.5, 0.6) is 6.01 Å². The highest BCUT2D eigenvalue weighted by Crippen LogP contribution is 2.25. The van der Waals surface area contributed by atoms with Gasteiger partial charge in [0.25, 0.3) is 0 Å². The number of nitrogens with zero attached hydrogens (tertiary/aromatic N) is 4. The lowest BCUT2D eigenvalue weighted by Gasteiger charge is -2.36. The average Bonchev–Trinajstić information content (AvgIpc) is 2.25. The number of ether oxygens (including phenoxy) is 1. The number of hydrogen-bond donors (Lipinski definition) is 1. The lowest BCUT2D eigenvalue weighted by molar-refractivity contribution is 0.0443. The quantitative estimate of drug-likeness (QED) is 0.911. The van der Waals surface area contributed by atoms with Crippen LogP contribution < -0.4 is 9.64 Å². The molecule has 1 saturated heterocycles. The summed E-state index contributed by atoms with van der Waals surface area (Å²) in [6.07, 6.45) is 1.63. The van der Waals surface area contributed by atoms with Crippen molar-refractivity contribution in [3.05, 3.63) is 5.28 Å². The molecule has 1 aromatic heterocycles. The summed E-state index contributed by atoms with van der Waals surface area (Å²) in [6, 6.07) is 0.218. The van der Waals surface area contributed by atoms with Gasteiger partial charge in [-0.1, -0.05) is 0 Å². The lowest BCUT2D eigenvalue weighted by Crippen LogP contribution is -2.46. The van der Waals surface area contributed by atoms with Crippen LogP contribution in [0.1, 0.15) is 33.6 Å². The Morgan fingerprint density at radius 3 is 2.74 bits per heavy atom. The van der Waals surface area contributed by atoms with Crippen molar-refractivity contribution in [2.45, 2.75) is 45.3 Å². The molecule has 6 nitrogen and oxygen atoms in total. The first-order valence-electron chi connectivity index (χ1n) is 6.41. The van der Waals surface area contributed by atoms with Crippen molar-refractivity contribution >= 4 is 17.5 Å². The molecular formula is C12H19ClN4O2. The molecule has 0 radical (unpaired) electrons. The molecule has 2 heterocycles. The van der Waals surface area contributed by atoms with Crippen molar-refractivity contribution in [2.24, 2.45) is 0 Å². The number of β-amino-alcohol motifs (C(OH)–C–C–N with tert-alkyl or cyclic N) is 1. The molecule has 2 rings (SSSR count). The van der Waals surface area contributed by atoms with E-state index in [1.165, 1.54) is 0 Å². The van der Waals surface area contributed by atoms with Crippen LogP contribution in [-0.2, 0) is 0 Å². The molecule has 1 aromatic rings. The number of halogens is 1. The van der Waals surface area contributed by atoms with Gasteiger partial charge in [-0.3, -0.25) is 0 Å². The van der Waals surface area contributed by atoms with Gasteiger partial charge in [0.2, 0.25) is 11.2 Å². The first-order chi connectivity index (χ1) is 8.85. The molecule has 7 heteroatoms. The summed E-state index contributed by atoms with van der Waals surface area (Å²) in [5.41, 5.74) is -0.726. The van der Waals surface area contributed by atoms with Crippen LogP contribution in [-0.4, -0.2) is 44.9 Å². The molecule has 1 unspecified atom stereocenters. The number of rotatable bonds is 3. The molecule has 106 valence electrons. The first kappa shape index (κ1) is 14.3. The highest BCUT2D eigenvalue weighted by Gasteiger charge is 2.30. The monoisotopic (exact) mass is 286 g/mol. The Bertz CT molecular complexity index is 453. The molecule has 1 fully saturated rings. The maximum absolute atomic E-state index is 10.1. The van der Waals surface area contributed by atoms with E-state index in [-0.39, 0.29) is 17.4 Å². The zero-order chi connectivity index (χ0) is 14.0. The second-order valence-electron chi connectivity index (χ2n) is 5.38. The largest absolute Gasteiger partial charge is 0.461 e. The fourth-order valence-corrected chi connectivity index (χ4v) is 2.27. The topological polar surface area (TPSA) is 71.4 Å². The predicted molar refractivity (Wildman–Crippen MR) is 72.7 cm³/mol. The fraction of sp³-hybridized carbons (Fsp3) is 0.750. The molecule has 1 N–H and O–H groups in total. The van der Waals surface area contributed by atoms with Gasteiger partial charge in [0.05, 0.1) is 11.7 Å². The van der Waals surface area contributed by atoms with E-state index < -0.39 is 5.60 Å². The summed E-state index contributed by atoms with van der Waals surface area (Å²) in [4.78, 5) is 14.2. The molecule has 0 aliphatic carbocycles. The van der Waals surface area contributed by atoms with Gasteiger partial charge < -0.3 is 14.7 Å². The van der Waals surface area contributed by atoms with Crippen LogP contribution in [0.15, 0.2) is 0 Å². The van der Waals surface area contributed by atoms with Gasteiger partial charge in [0.15, 0.2) is 0 Å². The molecule has 1 aliphatic rings. The molecule has 0 amide bonds. The molecule has 0 bridgehead atoms. The molecule has 0 aromatic carbocycles. The molecule has 19 heavy (non-hydrogen) atoms. The smallest absolute Gasteiger partial charge is 0.322 e. The van der Waals surface area contributed by atoms with Gasteiger partial charge >= 0.3 is 6.01 Å². The van der Waals surface area contributed by atoms with Crippen molar-refractivity contribution in [3.63, 3.8) is 0 Å². The van der Waals surface area contributed by atoms with E-state index in [0.29, 0.717) is 12.5 Å². The van der Waals surface area contributed by atoms with Crippen LogP contribution in [0.2, 0.25) is 5.28 Å².